The van der Waals surface area contributed by atoms with Crippen LogP contribution in [0.3, 0.4) is 0 Å². The van der Waals surface area contributed by atoms with E-state index in [-0.39, 0.29) is 0 Å². The van der Waals surface area contributed by atoms with E-state index in [2.05, 4.69) is 10.1 Å². The van der Waals surface area contributed by atoms with E-state index < -0.39 is 0 Å². The van der Waals surface area contributed by atoms with Gasteiger partial charge >= 0.3 is 0 Å². The Balaban J connectivity index is 2.04. The van der Waals surface area contributed by atoms with Crippen molar-refractivity contribution in [2.45, 2.75) is 20.1 Å². The van der Waals surface area contributed by atoms with E-state index in [9.17, 15) is 0 Å². The SMILES string of the molecule is Cc1cc(OCc2cccc(CN)n2)n(C)n1. The molecule has 0 atom stereocenters. The van der Waals surface area contributed by atoms with E-state index in [0.717, 1.165) is 23.0 Å². The number of aromatic nitrogens is 3. The summed E-state index contributed by atoms with van der Waals surface area (Å²) in [7, 11) is 1.85. The van der Waals surface area contributed by atoms with Crippen molar-refractivity contribution in [3.63, 3.8) is 0 Å². The lowest BCUT2D eigenvalue weighted by atomic mass is 10.3. The maximum Gasteiger partial charge on any atom is 0.212 e. The minimum atomic E-state index is 0.423. The van der Waals surface area contributed by atoms with Crippen molar-refractivity contribution in [3.8, 4) is 5.88 Å². The number of hydrogen-bond acceptors (Lipinski definition) is 4. The summed E-state index contributed by atoms with van der Waals surface area (Å²) >= 11 is 0. The fourth-order valence-electron chi connectivity index (χ4n) is 1.59. The maximum absolute atomic E-state index is 5.64. The summed E-state index contributed by atoms with van der Waals surface area (Å²) in [6.45, 7) is 2.80. The zero-order valence-corrected chi connectivity index (χ0v) is 10.1. The van der Waals surface area contributed by atoms with Gasteiger partial charge in [-0.3, -0.25) is 4.98 Å². The first kappa shape index (κ1) is 11.6. The van der Waals surface area contributed by atoms with Gasteiger partial charge in [0.2, 0.25) is 5.88 Å². The summed E-state index contributed by atoms with van der Waals surface area (Å²) < 4.78 is 7.35. The largest absolute Gasteiger partial charge is 0.471 e. The average Bonchev–Trinajstić information content (AvgIpc) is 2.65. The highest BCUT2D eigenvalue weighted by Crippen LogP contribution is 2.12. The van der Waals surface area contributed by atoms with Gasteiger partial charge in [-0.25, -0.2) is 4.68 Å². The van der Waals surface area contributed by atoms with Crippen molar-refractivity contribution in [3.05, 3.63) is 41.3 Å². The molecule has 0 radical (unpaired) electrons. The predicted octanol–water partition coefficient (Wildman–Crippen LogP) is 1.16. The van der Waals surface area contributed by atoms with Gasteiger partial charge in [0.15, 0.2) is 0 Å². The van der Waals surface area contributed by atoms with Crippen LogP contribution in [0.1, 0.15) is 17.1 Å². The normalized spacial score (nSPS) is 10.5. The van der Waals surface area contributed by atoms with Gasteiger partial charge in [0.25, 0.3) is 0 Å². The molecule has 0 aliphatic carbocycles. The Kier molecular flexibility index (Phi) is 3.39. The quantitative estimate of drug-likeness (QED) is 0.859. The summed E-state index contributed by atoms with van der Waals surface area (Å²) in [4.78, 5) is 4.36. The lowest BCUT2D eigenvalue weighted by Crippen LogP contribution is -2.05. The van der Waals surface area contributed by atoms with E-state index in [1.165, 1.54) is 0 Å². The van der Waals surface area contributed by atoms with Crippen molar-refractivity contribution in [2.24, 2.45) is 12.8 Å². The molecule has 0 fully saturated rings. The van der Waals surface area contributed by atoms with Crippen LogP contribution in [-0.2, 0) is 20.2 Å². The van der Waals surface area contributed by atoms with Gasteiger partial charge in [-0.05, 0) is 19.1 Å². The molecule has 0 saturated heterocycles. The van der Waals surface area contributed by atoms with Crippen LogP contribution in [0.5, 0.6) is 5.88 Å². The van der Waals surface area contributed by atoms with Gasteiger partial charge in [0.1, 0.15) is 6.61 Å². The molecule has 0 spiro atoms. The molecule has 0 aromatic carbocycles. The Morgan fingerprint density at radius 3 is 2.76 bits per heavy atom. The summed E-state index contributed by atoms with van der Waals surface area (Å²) in [6.07, 6.45) is 0. The second-order valence-electron chi connectivity index (χ2n) is 3.86. The molecule has 0 unspecified atom stereocenters. The molecule has 90 valence electrons. The standard InChI is InChI=1S/C12H16N4O/c1-9-6-12(16(2)15-9)17-8-11-5-3-4-10(7-13)14-11/h3-6H,7-8,13H2,1-2H3. The zero-order valence-electron chi connectivity index (χ0n) is 10.1. The van der Waals surface area contributed by atoms with Gasteiger partial charge in [-0.1, -0.05) is 6.07 Å². The fraction of sp³-hybridized carbons (Fsp3) is 0.333. The highest BCUT2D eigenvalue weighted by molar-refractivity contribution is 5.16. The molecule has 0 amide bonds. The Morgan fingerprint density at radius 1 is 1.35 bits per heavy atom. The zero-order chi connectivity index (χ0) is 12.3. The van der Waals surface area contributed by atoms with Crippen molar-refractivity contribution in [1.82, 2.24) is 14.8 Å². The molecule has 5 heteroatoms. The molecule has 0 saturated carbocycles. The molecule has 0 aliphatic heterocycles. The minimum Gasteiger partial charge on any atom is -0.471 e. The molecule has 2 N–H and O–H groups in total. The molecule has 2 rings (SSSR count). The Labute approximate surface area is 100 Å². The topological polar surface area (TPSA) is 66.0 Å². The first-order chi connectivity index (χ1) is 8.19. The van der Waals surface area contributed by atoms with Crippen LogP contribution in [0, 0.1) is 6.92 Å². The van der Waals surface area contributed by atoms with Crippen LogP contribution in [-0.4, -0.2) is 14.8 Å². The van der Waals surface area contributed by atoms with Crippen molar-refractivity contribution >= 4 is 0 Å². The fourth-order valence-corrected chi connectivity index (χ4v) is 1.59. The lowest BCUT2D eigenvalue weighted by molar-refractivity contribution is 0.274. The Morgan fingerprint density at radius 2 is 2.12 bits per heavy atom. The van der Waals surface area contributed by atoms with Crippen molar-refractivity contribution in [1.29, 1.82) is 0 Å². The van der Waals surface area contributed by atoms with E-state index in [4.69, 9.17) is 10.5 Å². The molecule has 2 aromatic rings. The molecule has 0 aliphatic rings. The van der Waals surface area contributed by atoms with Crippen LogP contribution < -0.4 is 10.5 Å². The van der Waals surface area contributed by atoms with Gasteiger partial charge in [-0.2, -0.15) is 5.10 Å². The summed E-state index contributed by atoms with van der Waals surface area (Å²) in [6, 6.07) is 7.65. The van der Waals surface area contributed by atoms with Gasteiger partial charge in [-0.15, -0.1) is 0 Å². The average molecular weight is 232 g/mol. The van der Waals surface area contributed by atoms with Crippen LogP contribution in [0.15, 0.2) is 24.3 Å². The molecule has 2 aromatic heterocycles. The summed E-state index contributed by atoms with van der Waals surface area (Å²) in [5.74, 6) is 0.738. The Bertz CT molecular complexity index is 507. The minimum absolute atomic E-state index is 0.423. The van der Waals surface area contributed by atoms with E-state index in [1.54, 1.807) is 4.68 Å². The first-order valence-corrected chi connectivity index (χ1v) is 5.47. The van der Waals surface area contributed by atoms with E-state index >= 15 is 0 Å². The third-order valence-electron chi connectivity index (χ3n) is 2.40. The third-order valence-corrected chi connectivity index (χ3v) is 2.40. The van der Waals surface area contributed by atoms with Gasteiger partial charge in [0.05, 0.1) is 17.1 Å². The van der Waals surface area contributed by atoms with Crippen molar-refractivity contribution < 1.29 is 4.74 Å². The number of rotatable bonds is 4. The number of nitrogens with zero attached hydrogens (tertiary/aromatic N) is 3. The van der Waals surface area contributed by atoms with Crippen LogP contribution in [0.2, 0.25) is 0 Å². The first-order valence-electron chi connectivity index (χ1n) is 5.47. The number of hydrogen-bond donors (Lipinski definition) is 1. The molecule has 2 heterocycles. The van der Waals surface area contributed by atoms with E-state index in [1.807, 2.05) is 38.2 Å². The van der Waals surface area contributed by atoms with Crippen LogP contribution in [0.25, 0.3) is 0 Å². The number of nitrogens with two attached hydrogens (primary N) is 1. The second-order valence-corrected chi connectivity index (χ2v) is 3.86. The molecule has 5 nitrogen and oxygen atoms in total. The highest BCUT2D eigenvalue weighted by atomic mass is 16.5. The third kappa shape index (κ3) is 2.82. The summed E-state index contributed by atoms with van der Waals surface area (Å²) in [5.41, 5.74) is 8.21. The molecule has 0 bridgehead atoms. The van der Waals surface area contributed by atoms with E-state index in [0.29, 0.717) is 13.2 Å². The monoisotopic (exact) mass is 232 g/mol. The lowest BCUT2D eigenvalue weighted by Gasteiger charge is -2.06. The molecular weight excluding hydrogens is 216 g/mol. The maximum atomic E-state index is 5.64. The highest BCUT2D eigenvalue weighted by Gasteiger charge is 2.04. The van der Waals surface area contributed by atoms with Gasteiger partial charge < -0.3 is 10.5 Å². The molecule has 17 heavy (non-hydrogen) atoms. The summed E-state index contributed by atoms with van der Waals surface area (Å²) in [5, 5.41) is 4.21. The molecular formula is C12H16N4O. The number of aryl methyl sites for hydroxylation is 2. The Hall–Kier alpha value is -1.88. The number of pyridine rings is 1. The van der Waals surface area contributed by atoms with Gasteiger partial charge in [0, 0.05) is 19.7 Å². The number of ether oxygens (including phenoxy) is 1. The smallest absolute Gasteiger partial charge is 0.212 e. The van der Waals surface area contributed by atoms with Crippen LogP contribution >= 0.6 is 0 Å². The van der Waals surface area contributed by atoms with Crippen molar-refractivity contribution in [2.75, 3.05) is 0 Å². The second kappa shape index (κ2) is 4.97. The predicted molar refractivity (Wildman–Crippen MR) is 64.4 cm³/mol. The van der Waals surface area contributed by atoms with Crippen LogP contribution in [0.4, 0.5) is 0 Å².